The van der Waals surface area contributed by atoms with Crippen LogP contribution in [0.1, 0.15) is 13.8 Å². The smallest absolute Gasteiger partial charge is 0.194 e. The Morgan fingerprint density at radius 1 is 1.22 bits per heavy atom. The molecule has 2 aromatic heterocycles. The van der Waals surface area contributed by atoms with Gasteiger partial charge in [-0.1, -0.05) is 0 Å². The van der Waals surface area contributed by atoms with E-state index in [2.05, 4.69) is 26.9 Å². The van der Waals surface area contributed by atoms with Crippen LogP contribution in [-0.4, -0.2) is 15.5 Å². The zero-order chi connectivity index (χ0) is 12.5. The highest BCUT2D eigenvalue weighted by Crippen LogP contribution is 2.27. The van der Waals surface area contributed by atoms with Gasteiger partial charge in [-0.3, -0.25) is 4.40 Å². The number of hydrogen-bond acceptors (Lipinski definition) is 3. The van der Waals surface area contributed by atoms with E-state index in [-0.39, 0.29) is 6.10 Å². The van der Waals surface area contributed by atoms with E-state index in [4.69, 9.17) is 4.74 Å². The van der Waals surface area contributed by atoms with Gasteiger partial charge in [-0.15, -0.1) is 11.3 Å². The number of fused-ring (bicyclic) bond motifs is 1. The van der Waals surface area contributed by atoms with Crippen molar-refractivity contribution in [2.75, 3.05) is 0 Å². The molecule has 0 unspecified atom stereocenters. The number of imidazole rings is 1. The van der Waals surface area contributed by atoms with Crippen LogP contribution in [0.25, 0.3) is 16.2 Å². The maximum Gasteiger partial charge on any atom is 0.194 e. The third-order valence-corrected chi connectivity index (χ3v) is 3.52. The van der Waals surface area contributed by atoms with Gasteiger partial charge in [0, 0.05) is 17.8 Å². The fourth-order valence-electron chi connectivity index (χ4n) is 1.91. The second kappa shape index (κ2) is 4.46. The Labute approximate surface area is 110 Å². The first-order valence-corrected chi connectivity index (χ1v) is 6.79. The monoisotopic (exact) mass is 258 g/mol. The molecule has 92 valence electrons. The summed E-state index contributed by atoms with van der Waals surface area (Å²) in [5, 5.41) is 2.13. The van der Waals surface area contributed by atoms with Crippen molar-refractivity contribution in [2.24, 2.45) is 0 Å². The Balaban J connectivity index is 1.95. The molecule has 0 fully saturated rings. The molecular weight excluding hydrogens is 244 g/mol. The van der Waals surface area contributed by atoms with Crippen LogP contribution in [0.15, 0.2) is 42.0 Å². The van der Waals surface area contributed by atoms with Crippen molar-refractivity contribution in [2.45, 2.75) is 20.0 Å². The fourth-order valence-corrected chi connectivity index (χ4v) is 2.77. The minimum Gasteiger partial charge on any atom is -0.491 e. The van der Waals surface area contributed by atoms with Crippen LogP contribution >= 0.6 is 11.3 Å². The van der Waals surface area contributed by atoms with E-state index in [1.807, 2.05) is 38.4 Å². The molecular formula is C14H14N2OS. The summed E-state index contributed by atoms with van der Waals surface area (Å²) in [6.07, 6.45) is 4.02. The molecule has 3 nitrogen and oxygen atoms in total. The summed E-state index contributed by atoms with van der Waals surface area (Å²) in [7, 11) is 0. The van der Waals surface area contributed by atoms with Gasteiger partial charge in [0.2, 0.25) is 0 Å². The molecule has 0 atom stereocenters. The number of benzene rings is 1. The average molecular weight is 258 g/mol. The summed E-state index contributed by atoms with van der Waals surface area (Å²) in [6, 6.07) is 8.18. The lowest BCUT2D eigenvalue weighted by Crippen LogP contribution is -2.05. The molecule has 0 aliphatic carbocycles. The maximum absolute atomic E-state index is 5.64. The number of thiazole rings is 1. The largest absolute Gasteiger partial charge is 0.491 e. The van der Waals surface area contributed by atoms with E-state index in [9.17, 15) is 0 Å². The summed E-state index contributed by atoms with van der Waals surface area (Å²) in [6.45, 7) is 4.06. The highest BCUT2D eigenvalue weighted by Gasteiger charge is 2.06. The molecule has 0 radical (unpaired) electrons. The second-order valence-corrected chi connectivity index (χ2v) is 5.23. The van der Waals surface area contributed by atoms with E-state index in [1.165, 1.54) is 11.3 Å². The average Bonchev–Trinajstić information content (AvgIpc) is 2.91. The number of hydrogen-bond donors (Lipinski definition) is 0. The van der Waals surface area contributed by atoms with E-state index in [0.29, 0.717) is 0 Å². The molecule has 0 bridgehead atoms. The zero-order valence-electron chi connectivity index (χ0n) is 10.3. The lowest BCUT2D eigenvalue weighted by Gasteiger charge is -2.09. The Kier molecular flexibility index (Phi) is 2.80. The van der Waals surface area contributed by atoms with Crippen LogP contribution in [0.2, 0.25) is 0 Å². The van der Waals surface area contributed by atoms with Crippen molar-refractivity contribution in [1.29, 1.82) is 0 Å². The lowest BCUT2D eigenvalue weighted by molar-refractivity contribution is 0.242. The van der Waals surface area contributed by atoms with Crippen molar-refractivity contribution in [3.63, 3.8) is 0 Å². The molecule has 0 aliphatic rings. The molecule has 0 N–H and O–H groups in total. The van der Waals surface area contributed by atoms with E-state index >= 15 is 0 Å². The summed E-state index contributed by atoms with van der Waals surface area (Å²) < 4.78 is 7.74. The maximum atomic E-state index is 5.64. The summed E-state index contributed by atoms with van der Waals surface area (Å²) in [5.74, 6) is 0.908. The highest BCUT2D eigenvalue weighted by atomic mass is 32.1. The topological polar surface area (TPSA) is 26.5 Å². The van der Waals surface area contributed by atoms with E-state index < -0.39 is 0 Å². The molecule has 0 amide bonds. The number of rotatable bonds is 3. The fraction of sp³-hybridized carbons (Fsp3) is 0.214. The van der Waals surface area contributed by atoms with Crippen LogP contribution in [0.5, 0.6) is 5.75 Å². The van der Waals surface area contributed by atoms with Crippen LogP contribution < -0.4 is 4.74 Å². The number of ether oxygens (including phenoxy) is 1. The molecule has 0 aliphatic heterocycles. The van der Waals surface area contributed by atoms with Gasteiger partial charge in [-0.2, -0.15) is 0 Å². The van der Waals surface area contributed by atoms with Crippen LogP contribution in [0, 0.1) is 0 Å². The molecule has 0 saturated carbocycles. The van der Waals surface area contributed by atoms with Crippen molar-refractivity contribution >= 4 is 16.3 Å². The molecule has 4 heteroatoms. The van der Waals surface area contributed by atoms with Crippen molar-refractivity contribution in [3.8, 4) is 17.0 Å². The minimum atomic E-state index is 0.206. The van der Waals surface area contributed by atoms with Crippen LogP contribution in [-0.2, 0) is 0 Å². The summed E-state index contributed by atoms with van der Waals surface area (Å²) in [4.78, 5) is 5.30. The Morgan fingerprint density at radius 2 is 2.00 bits per heavy atom. The summed E-state index contributed by atoms with van der Waals surface area (Å²) >= 11 is 1.65. The lowest BCUT2D eigenvalue weighted by atomic mass is 10.1. The Hall–Kier alpha value is -1.81. The van der Waals surface area contributed by atoms with Gasteiger partial charge >= 0.3 is 0 Å². The first-order valence-electron chi connectivity index (χ1n) is 5.91. The standard InChI is InChI=1S/C14H14N2OS/c1-10(2)17-12-5-3-11(4-6-12)13-9-18-14-15-7-8-16(13)14/h3-10H,1-2H3. The first kappa shape index (κ1) is 11.3. The van der Waals surface area contributed by atoms with Gasteiger partial charge in [-0.25, -0.2) is 4.98 Å². The van der Waals surface area contributed by atoms with Gasteiger partial charge in [0.05, 0.1) is 11.8 Å². The van der Waals surface area contributed by atoms with Gasteiger partial charge in [0.15, 0.2) is 4.96 Å². The predicted molar refractivity (Wildman–Crippen MR) is 74.3 cm³/mol. The molecule has 2 heterocycles. The van der Waals surface area contributed by atoms with Crippen molar-refractivity contribution in [1.82, 2.24) is 9.38 Å². The SMILES string of the molecule is CC(C)Oc1ccc(-c2csc3nccn23)cc1. The van der Waals surface area contributed by atoms with Gasteiger partial charge in [0.1, 0.15) is 5.75 Å². The zero-order valence-corrected chi connectivity index (χ0v) is 11.1. The van der Waals surface area contributed by atoms with Gasteiger partial charge < -0.3 is 4.74 Å². The third kappa shape index (κ3) is 1.99. The Bertz CT molecular complexity index is 652. The second-order valence-electron chi connectivity index (χ2n) is 4.39. The molecule has 1 aromatic carbocycles. The predicted octanol–water partition coefficient (Wildman–Crippen LogP) is 3.85. The van der Waals surface area contributed by atoms with Crippen molar-refractivity contribution < 1.29 is 4.74 Å². The molecule has 18 heavy (non-hydrogen) atoms. The van der Waals surface area contributed by atoms with Crippen molar-refractivity contribution in [3.05, 3.63) is 42.0 Å². The molecule has 0 saturated heterocycles. The Morgan fingerprint density at radius 3 is 2.72 bits per heavy atom. The van der Waals surface area contributed by atoms with Crippen LogP contribution in [0.3, 0.4) is 0 Å². The number of aromatic nitrogens is 2. The normalized spacial score (nSPS) is 11.3. The third-order valence-electron chi connectivity index (χ3n) is 2.66. The highest BCUT2D eigenvalue weighted by molar-refractivity contribution is 7.15. The quantitative estimate of drug-likeness (QED) is 0.713. The number of nitrogens with zero attached hydrogens (tertiary/aromatic N) is 2. The van der Waals surface area contributed by atoms with Gasteiger partial charge in [-0.05, 0) is 43.7 Å². The molecule has 3 rings (SSSR count). The van der Waals surface area contributed by atoms with Gasteiger partial charge in [0.25, 0.3) is 0 Å². The first-order chi connectivity index (χ1) is 8.74. The molecule has 0 spiro atoms. The van der Waals surface area contributed by atoms with E-state index in [1.54, 1.807) is 11.3 Å². The molecule has 3 aromatic rings. The minimum absolute atomic E-state index is 0.206. The summed E-state index contributed by atoms with van der Waals surface area (Å²) in [5.41, 5.74) is 2.35. The van der Waals surface area contributed by atoms with E-state index in [0.717, 1.165) is 10.7 Å². The van der Waals surface area contributed by atoms with Crippen LogP contribution in [0.4, 0.5) is 0 Å².